The maximum absolute atomic E-state index is 12.5. The largest absolute Gasteiger partial charge is 0.454 e. The Balaban J connectivity index is 1.34. The van der Waals surface area contributed by atoms with Crippen LogP contribution >= 0.6 is 11.8 Å². The second-order valence-corrected chi connectivity index (χ2v) is 7.57. The summed E-state index contributed by atoms with van der Waals surface area (Å²) >= 11 is 1.43. The predicted molar refractivity (Wildman–Crippen MR) is 113 cm³/mol. The van der Waals surface area contributed by atoms with Crippen LogP contribution in [0.2, 0.25) is 0 Å². The molecule has 1 heterocycles. The number of hydrogen-bond acceptors (Lipinski definition) is 5. The monoisotopic (exact) mass is 405 g/mol. The van der Waals surface area contributed by atoms with E-state index in [1.807, 2.05) is 54.6 Å². The third-order valence-electron chi connectivity index (χ3n) is 4.39. The van der Waals surface area contributed by atoms with Crippen LogP contribution in [-0.2, 0) is 11.2 Å². The maximum Gasteiger partial charge on any atom is 0.231 e. The quantitative estimate of drug-likeness (QED) is 0.461. The number of fused-ring (bicyclic) bond motifs is 1. The lowest BCUT2D eigenvalue weighted by atomic mass is 10.1. The molecule has 0 fully saturated rings. The van der Waals surface area contributed by atoms with Crippen LogP contribution < -0.4 is 14.8 Å². The molecule has 3 aromatic carbocycles. The number of ether oxygens (including phenoxy) is 2. The van der Waals surface area contributed by atoms with E-state index in [4.69, 9.17) is 9.47 Å². The van der Waals surface area contributed by atoms with E-state index < -0.39 is 0 Å². The number of amides is 1. The molecule has 0 saturated heterocycles. The Morgan fingerprint density at radius 1 is 0.897 bits per heavy atom. The van der Waals surface area contributed by atoms with Crippen LogP contribution in [0.5, 0.6) is 11.5 Å². The molecule has 1 amide bonds. The number of anilines is 1. The van der Waals surface area contributed by atoms with E-state index in [0.29, 0.717) is 34.9 Å². The third kappa shape index (κ3) is 4.97. The molecule has 5 nitrogen and oxygen atoms in total. The molecular formula is C23H19NO4S. The molecule has 0 aliphatic carbocycles. The zero-order valence-corrected chi connectivity index (χ0v) is 16.4. The summed E-state index contributed by atoms with van der Waals surface area (Å²) < 4.78 is 10.6. The van der Waals surface area contributed by atoms with E-state index >= 15 is 0 Å². The van der Waals surface area contributed by atoms with Gasteiger partial charge in [-0.15, -0.1) is 11.8 Å². The summed E-state index contributed by atoms with van der Waals surface area (Å²) in [5.74, 6) is 1.49. The molecular weight excluding hydrogens is 386 g/mol. The van der Waals surface area contributed by atoms with Crippen LogP contribution in [-0.4, -0.2) is 24.2 Å². The molecule has 146 valence electrons. The summed E-state index contributed by atoms with van der Waals surface area (Å²) in [7, 11) is 0. The zero-order valence-electron chi connectivity index (χ0n) is 15.6. The summed E-state index contributed by atoms with van der Waals surface area (Å²) in [5, 5.41) is 2.91. The van der Waals surface area contributed by atoms with Crippen LogP contribution in [0.15, 0.2) is 77.7 Å². The molecule has 0 unspecified atom stereocenters. The lowest BCUT2D eigenvalue weighted by Crippen LogP contribution is -2.14. The van der Waals surface area contributed by atoms with Crippen molar-refractivity contribution in [1.29, 1.82) is 0 Å². The van der Waals surface area contributed by atoms with Crippen molar-refractivity contribution in [2.45, 2.75) is 11.3 Å². The van der Waals surface area contributed by atoms with Gasteiger partial charge in [0.1, 0.15) is 0 Å². The number of Topliss-reactive ketones (excluding diaryl/α,β-unsaturated/α-hetero) is 1. The van der Waals surface area contributed by atoms with Crippen LogP contribution in [0.25, 0.3) is 0 Å². The molecule has 4 rings (SSSR count). The fourth-order valence-corrected chi connectivity index (χ4v) is 3.80. The molecule has 1 N–H and O–H groups in total. The summed E-state index contributed by atoms with van der Waals surface area (Å²) in [6.45, 7) is 0.185. The zero-order chi connectivity index (χ0) is 20.1. The summed E-state index contributed by atoms with van der Waals surface area (Å²) in [6.07, 6.45) is 0.320. The average Bonchev–Trinajstić information content (AvgIpc) is 3.21. The normalized spacial score (nSPS) is 11.9. The summed E-state index contributed by atoms with van der Waals surface area (Å²) in [5.41, 5.74) is 2.27. The van der Waals surface area contributed by atoms with Crippen molar-refractivity contribution in [3.05, 3.63) is 83.9 Å². The van der Waals surface area contributed by atoms with E-state index in [-0.39, 0.29) is 18.5 Å². The smallest absolute Gasteiger partial charge is 0.231 e. The SMILES string of the molecule is O=C(Cc1ccccc1)Nc1cccc(SCC(=O)c2ccc3c(c2)OCO3)c1. The van der Waals surface area contributed by atoms with Crippen LogP contribution in [0, 0.1) is 0 Å². The molecule has 0 atom stereocenters. The first-order valence-corrected chi connectivity index (χ1v) is 10.2. The third-order valence-corrected chi connectivity index (χ3v) is 5.38. The Hall–Kier alpha value is -3.25. The number of nitrogens with one attached hydrogen (secondary N) is 1. The van der Waals surface area contributed by atoms with Gasteiger partial charge in [0.05, 0.1) is 12.2 Å². The first-order chi connectivity index (χ1) is 14.2. The molecule has 0 saturated carbocycles. The fraction of sp³-hybridized carbons (Fsp3) is 0.130. The van der Waals surface area contributed by atoms with Crippen molar-refractivity contribution < 1.29 is 19.1 Å². The maximum atomic E-state index is 12.5. The van der Waals surface area contributed by atoms with Gasteiger partial charge >= 0.3 is 0 Å². The lowest BCUT2D eigenvalue weighted by Gasteiger charge is -2.08. The Bertz CT molecular complexity index is 1040. The highest BCUT2D eigenvalue weighted by molar-refractivity contribution is 8.00. The first kappa shape index (κ1) is 19.1. The second kappa shape index (κ2) is 8.84. The minimum Gasteiger partial charge on any atom is -0.454 e. The molecule has 1 aliphatic heterocycles. The van der Waals surface area contributed by atoms with Gasteiger partial charge in [-0.05, 0) is 42.0 Å². The molecule has 6 heteroatoms. The van der Waals surface area contributed by atoms with Gasteiger partial charge in [0.2, 0.25) is 12.7 Å². The molecule has 29 heavy (non-hydrogen) atoms. The first-order valence-electron chi connectivity index (χ1n) is 9.17. The van der Waals surface area contributed by atoms with Crippen molar-refractivity contribution in [2.75, 3.05) is 17.9 Å². The Kier molecular flexibility index (Phi) is 5.81. The van der Waals surface area contributed by atoms with Crippen LogP contribution in [0.3, 0.4) is 0 Å². The van der Waals surface area contributed by atoms with E-state index in [9.17, 15) is 9.59 Å². The molecule has 0 spiro atoms. The minimum absolute atomic E-state index is 0.00631. The highest BCUT2D eigenvalue weighted by atomic mass is 32.2. The molecule has 1 aliphatic rings. The molecule has 0 radical (unpaired) electrons. The van der Waals surface area contributed by atoms with Crippen molar-refractivity contribution in [3.8, 4) is 11.5 Å². The van der Waals surface area contributed by atoms with Crippen molar-refractivity contribution in [3.63, 3.8) is 0 Å². The van der Waals surface area contributed by atoms with Crippen molar-refractivity contribution in [1.82, 2.24) is 0 Å². The average molecular weight is 405 g/mol. The second-order valence-electron chi connectivity index (χ2n) is 6.52. The summed E-state index contributed by atoms with van der Waals surface area (Å²) in [4.78, 5) is 25.7. The minimum atomic E-state index is -0.0743. The Morgan fingerprint density at radius 3 is 2.59 bits per heavy atom. The number of hydrogen-bond donors (Lipinski definition) is 1. The topological polar surface area (TPSA) is 64.6 Å². The van der Waals surface area contributed by atoms with Gasteiger partial charge in [-0.25, -0.2) is 0 Å². The molecule has 0 aromatic heterocycles. The number of carbonyl (C=O) groups excluding carboxylic acids is 2. The fourth-order valence-electron chi connectivity index (χ4n) is 2.95. The van der Waals surface area contributed by atoms with E-state index in [2.05, 4.69) is 5.32 Å². The number of thioether (sulfide) groups is 1. The Morgan fingerprint density at radius 2 is 1.72 bits per heavy atom. The van der Waals surface area contributed by atoms with Gasteiger partial charge in [0.15, 0.2) is 17.3 Å². The summed E-state index contributed by atoms with van der Waals surface area (Å²) in [6, 6.07) is 22.3. The van der Waals surface area contributed by atoms with E-state index in [0.717, 1.165) is 10.5 Å². The van der Waals surface area contributed by atoms with Gasteiger partial charge in [-0.1, -0.05) is 36.4 Å². The number of rotatable bonds is 7. The van der Waals surface area contributed by atoms with E-state index in [1.54, 1.807) is 18.2 Å². The standard InChI is InChI=1S/C23H19NO4S/c25-20(17-9-10-21-22(12-17)28-15-27-21)14-29-19-8-4-7-18(13-19)24-23(26)11-16-5-2-1-3-6-16/h1-10,12-13H,11,14-15H2,(H,24,26). The van der Waals surface area contributed by atoms with E-state index in [1.165, 1.54) is 11.8 Å². The van der Waals surface area contributed by atoms with Gasteiger partial charge in [0, 0.05) is 16.1 Å². The molecule has 0 bridgehead atoms. The van der Waals surface area contributed by atoms with Gasteiger partial charge < -0.3 is 14.8 Å². The number of carbonyl (C=O) groups is 2. The van der Waals surface area contributed by atoms with Crippen molar-refractivity contribution >= 4 is 29.1 Å². The number of ketones is 1. The highest BCUT2D eigenvalue weighted by Gasteiger charge is 2.16. The highest BCUT2D eigenvalue weighted by Crippen LogP contribution is 2.33. The van der Waals surface area contributed by atoms with Crippen LogP contribution in [0.1, 0.15) is 15.9 Å². The lowest BCUT2D eigenvalue weighted by molar-refractivity contribution is -0.115. The predicted octanol–water partition coefficient (Wildman–Crippen LogP) is 4.57. The van der Waals surface area contributed by atoms with Crippen molar-refractivity contribution in [2.24, 2.45) is 0 Å². The van der Waals surface area contributed by atoms with Crippen LogP contribution in [0.4, 0.5) is 5.69 Å². The van der Waals surface area contributed by atoms with Gasteiger partial charge in [-0.3, -0.25) is 9.59 Å². The molecule has 3 aromatic rings. The van der Waals surface area contributed by atoms with Gasteiger partial charge in [0.25, 0.3) is 0 Å². The number of benzene rings is 3. The Labute approximate surface area is 173 Å². The van der Waals surface area contributed by atoms with Gasteiger partial charge in [-0.2, -0.15) is 0 Å².